The van der Waals surface area contributed by atoms with Crippen LogP contribution in [-0.4, -0.2) is 27.9 Å². The van der Waals surface area contributed by atoms with Gasteiger partial charge in [0.05, 0.1) is 17.2 Å². The third kappa shape index (κ3) is 1.78. The zero-order chi connectivity index (χ0) is 15.4. The first-order chi connectivity index (χ1) is 10.6. The highest BCUT2D eigenvalue weighted by Gasteiger charge is 2.41. The Morgan fingerprint density at radius 3 is 3.09 bits per heavy atom. The summed E-state index contributed by atoms with van der Waals surface area (Å²) < 4.78 is 5.98. The molecule has 1 atom stereocenters. The summed E-state index contributed by atoms with van der Waals surface area (Å²) in [5.41, 5.74) is 3.58. The van der Waals surface area contributed by atoms with Gasteiger partial charge in [-0.1, -0.05) is 15.9 Å². The van der Waals surface area contributed by atoms with Crippen molar-refractivity contribution in [3.63, 3.8) is 0 Å². The number of benzene rings is 1. The van der Waals surface area contributed by atoms with Crippen molar-refractivity contribution in [3.8, 4) is 5.75 Å². The normalized spacial score (nSPS) is 19.5. The zero-order valence-corrected chi connectivity index (χ0v) is 13.2. The van der Waals surface area contributed by atoms with Crippen molar-refractivity contribution in [3.05, 3.63) is 50.8 Å². The van der Waals surface area contributed by atoms with Gasteiger partial charge >= 0.3 is 5.97 Å². The maximum absolute atomic E-state index is 12.2. The molecule has 0 saturated carbocycles. The number of aromatic amines is 1. The predicted octanol–water partition coefficient (Wildman–Crippen LogP) is 2.55. The summed E-state index contributed by atoms with van der Waals surface area (Å²) in [6.45, 7) is 2.09. The number of nitrogens with one attached hydrogen (secondary N) is 2. The maximum atomic E-state index is 12.2. The molecule has 2 aliphatic heterocycles. The van der Waals surface area contributed by atoms with Crippen LogP contribution in [0.25, 0.3) is 0 Å². The quantitative estimate of drug-likeness (QED) is 0.679. The van der Waals surface area contributed by atoms with Crippen molar-refractivity contribution in [2.45, 2.75) is 12.8 Å². The molecule has 7 heteroatoms. The van der Waals surface area contributed by atoms with Gasteiger partial charge in [-0.05, 0) is 25.1 Å². The molecule has 0 radical (unpaired) electrons. The van der Waals surface area contributed by atoms with E-state index in [0.717, 1.165) is 15.7 Å². The average molecular weight is 362 g/mol. The van der Waals surface area contributed by atoms with Gasteiger partial charge in [-0.2, -0.15) is 5.10 Å². The highest BCUT2D eigenvalue weighted by atomic mass is 79.9. The fourth-order valence-electron chi connectivity index (χ4n) is 3.05. The highest BCUT2D eigenvalue weighted by Crippen LogP contribution is 2.47. The average Bonchev–Trinajstić information content (AvgIpc) is 3.04. The van der Waals surface area contributed by atoms with Crippen LogP contribution in [0.5, 0.6) is 5.75 Å². The van der Waals surface area contributed by atoms with Crippen LogP contribution in [0.2, 0.25) is 0 Å². The third-order valence-electron chi connectivity index (χ3n) is 4.03. The predicted molar refractivity (Wildman–Crippen MR) is 82.6 cm³/mol. The molecule has 1 aromatic carbocycles. The summed E-state index contributed by atoms with van der Waals surface area (Å²) in [6, 6.07) is 5.18. The SMILES string of the molecule is Cc1[nH]nc2c1[C@@H](c1cc(Br)ccc1O)C1=C(COC1=O)N2. The van der Waals surface area contributed by atoms with Crippen molar-refractivity contribution >= 4 is 27.7 Å². The summed E-state index contributed by atoms with van der Waals surface area (Å²) in [6.07, 6.45) is 0. The number of carbonyl (C=O) groups is 1. The highest BCUT2D eigenvalue weighted by molar-refractivity contribution is 9.10. The standard InChI is InChI=1S/C15H12BrN3O3/c1-6-11-12(8-4-7(16)2-3-10(8)20)13-9(5-22-15(13)21)17-14(11)19-18-6/h2-4,12,20H,5H2,1H3,(H2,17,18,19)/t12-/m1/s1. The smallest absolute Gasteiger partial charge is 0.337 e. The number of esters is 1. The van der Waals surface area contributed by atoms with Crippen molar-refractivity contribution in [1.29, 1.82) is 0 Å². The van der Waals surface area contributed by atoms with Crippen LogP contribution in [0.4, 0.5) is 5.82 Å². The first kappa shape index (κ1) is 13.4. The van der Waals surface area contributed by atoms with Crippen molar-refractivity contribution < 1.29 is 14.6 Å². The van der Waals surface area contributed by atoms with E-state index in [1.807, 2.05) is 13.0 Å². The lowest BCUT2D eigenvalue weighted by Crippen LogP contribution is -2.20. The number of anilines is 1. The van der Waals surface area contributed by atoms with E-state index in [-0.39, 0.29) is 18.3 Å². The number of H-pyrrole nitrogens is 1. The Bertz CT molecular complexity index is 841. The Kier molecular flexibility index (Phi) is 2.80. The van der Waals surface area contributed by atoms with Gasteiger partial charge in [0.1, 0.15) is 12.4 Å². The van der Waals surface area contributed by atoms with Crippen molar-refractivity contribution in [1.82, 2.24) is 10.2 Å². The number of aryl methyl sites for hydroxylation is 1. The Labute approximate surface area is 134 Å². The van der Waals surface area contributed by atoms with Crippen LogP contribution >= 0.6 is 15.9 Å². The fraction of sp³-hybridized carbons (Fsp3) is 0.200. The lowest BCUT2D eigenvalue weighted by Gasteiger charge is -2.25. The number of carbonyl (C=O) groups excluding carboxylic acids is 1. The number of rotatable bonds is 1. The van der Waals surface area contributed by atoms with Gasteiger partial charge in [0.2, 0.25) is 0 Å². The number of ether oxygens (including phenoxy) is 1. The van der Waals surface area contributed by atoms with E-state index in [2.05, 4.69) is 31.4 Å². The van der Waals surface area contributed by atoms with E-state index in [1.165, 1.54) is 0 Å². The van der Waals surface area contributed by atoms with E-state index in [9.17, 15) is 9.90 Å². The minimum Gasteiger partial charge on any atom is -0.508 e. The molecule has 22 heavy (non-hydrogen) atoms. The molecule has 0 fully saturated rings. The van der Waals surface area contributed by atoms with Gasteiger partial charge in [-0.15, -0.1) is 0 Å². The summed E-state index contributed by atoms with van der Waals surface area (Å²) in [5.74, 6) is 0.0303. The van der Waals surface area contributed by atoms with Gasteiger partial charge in [-0.3, -0.25) is 5.10 Å². The number of aromatic hydroxyl groups is 1. The minimum atomic E-state index is -0.405. The molecule has 0 saturated heterocycles. The molecule has 112 valence electrons. The second-order valence-corrected chi connectivity index (χ2v) is 6.26. The number of fused-ring (bicyclic) bond motifs is 1. The molecule has 2 aromatic rings. The Balaban J connectivity index is 2.00. The first-order valence-corrected chi connectivity index (χ1v) is 7.56. The van der Waals surface area contributed by atoms with E-state index in [4.69, 9.17) is 4.74 Å². The third-order valence-corrected chi connectivity index (χ3v) is 4.53. The number of cyclic esters (lactones) is 1. The molecule has 6 nitrogen and oxygen atoms in total. The minimum absolute atomic E-state index is 0.133. The van der Waals surface area contributed by atoms with E-state index >= 15 is 0 Å². The van der Waals surface area contributed by atoms with E-state index in [1.54, 1.807) is 12.1 Å². The van der Waals surface area contributed by atoms with Gasteiger partial charge in [0, 0.05) is 21.3 Å². The molecule has 1 aromatic heterocycles. The molecular weight excluding hydrogens is 350 g/mol. The molecule has 0 bridgehead atoms. The number of phenolic OH excluding ortho intramolecular Hbond substituents is 1. The summed E-state index contributed by atoms with van der Waals surface area (Å²) in [4.78, 5) is 12.2. The Hall–Kier alpha value is -2.28. The molecule has 0 spiro atoms. The summed E-state index contributed by atoms with van der Waals surface area (Å²) in [5, 5.41) is 20.6. The second kappa shape index (κ2) is 4.61. The molecule has 2 aliphatic rings. The second-order valence-electron chi connectivity index (χ2n) is 5.34. The first-order valence-electron chi connectivity index (χ1n) is 6.76. The van der Waals surface area contributed by atoms with E-state index in [0.29, 0.717) is 22.7 Å². The topological polar surface area (TPSA) is 87.2 Å². The number of phenols is 1. The molecule has 3 N–H and O–H groups in total. The number of hydrogen-bond acceptors (Lipinski definition) is 5. The van der Waals surface area contributed by atoms with Crippen LogP contribution in [0.3, 0.4) is 0 Å². The lowest BCUT2D eigenvalue weighted by molar-refractivity contribution is -0.136. The molecule has 0 aliphatic carbocycles. The molecule has 0 amide bonds. The lowest BCUT2D eigenvalue weighted by atomic mass is 9.81. The zero-order valence-electron chi connectivity index (χ0n) is 11.6. The van der Waals surface area contributed by atoms with Gasteiger partial charge in [0.15, 0.2) is 5.82 Å². The maximum Gasteiger partial charge on any atom is 0.337 e. The molecule has 3 heterocycles. The summed E-state index contributed by atoms with van der Waals surface area (Å²) in [7, 11) is 0. The van der Waals surface area contributed by atoms with E-state index < -0.39 is 5.92 Å². The largest absolute Gasteiger partial charge is 0.508 e. The Morgan fingerprint density at radius 2 is 2.27 bits per heavy atom. The van der Waals surface area contributed by atoms with Crippen molar-refractivity contribution in [2.75, 3.05) is 11.9 Å². The monoisotopic (exact) mass is 361 g/mol. The summed E-state index contributed by atoms with van der Waals surface area (Å²) >= 11 is 3.42. The van der Waals surface area contributed by atoms with Crippen LogP contribution in [0.15, 0.2) is 33.9 Å². The van der Waals surface area contributed by atoms with Gasteiger partial charge in [-0.25, -0.2) is 4.79 Å². The Morgan fingerprint density at radius 1 is 1.45 bits per heavy atom. The molecule has 0 unspecified atom stereocenters. The van der Waals surface area contributed by atoms with Crippen LogP contribution in [0.1, 0.15) is 22.7 Å². The van der Waals surface area contributed by atoms with Gasteiger partial charge in [0.25, 0.3) is 0 Å². The fourth-order valence-corrected chi connectivity index (χ4v) is 3.43. The molecule has 4 rings (SSSR count). The number of nitrogens with zero attached hydrogens (tertiary/aromatic N) is 1. The molecular formula is C15H12BrN3O3. The number of halogens is 1. The number of aromatic nitrogens is 2. The van der Waals surface area contributed by atoms with Crippen LogP contribution in [-0.2, 0) is 9.53 Å². The number of hydrogen-bond donors (Lipinski definition) is 3. The van der Waals surface area contributed by atoms with Crippen LogP contribution in [0, 0.1) is 6.92 Å². The van der Waals surface area contributed by atoms with Gasteiger partial charge < -0.3 is 15.2 Å². The van der Waals surface area contributed by atoms with Crippen molar-refractivity contribution in [2.24, 2.45) is 0 Å². The van der Waals surface area contributed by atoms with Crippen LogP contribution < -0.4 is 5.32 Å².